The molecule has 11 heteroatoms. The van der Waals surface area contributed by atoms with Crippen molar-refractivity contribution in [2.75, 3.05) is 24.4 Å². The van der Waals surface area contributed by atoms with E-state index in [2.05, 4.69) is 20.4 Å². The smallest absolute Gasteiger partial charge is 0.297 e. The summed E-state index contributed by atoms with van der Waals surface area (Å²) in [5, 5.41) is 6.73. The number of carbonyl (C=O) groups is 1. The maximum atomic E-state index is 13.0. The molecule has 0 unspecified atom stereocenters. The van der Waals surface area contributed by atoms with E-state index in [1.807, 2.05) is 30.3 Å². The fraction of sp³-hybridized carbons (Fsp3) is 0.174. The highest BCUT2D eigenvalue weighted by Crippen LogP contribution is 2.26. The van der Waals surface area contributed by atoms with Gasteiger partial charge < -0.3 is 19.5 Å². The first-order valence-corrected chi connectivity index (χ1v) is 10.5. The number of carbonyl (C=O) groups excluding carboxylic acids is 1. The van der Waals surface area contributed by atoms with Gasteiger partial charge in [-0.3, -0.25) is 19.1 Å². The van der Waals surface area contributed by atoms with E-state index < -0.39 is 11.5 Å². The van der Waals surface area contributed by atoms with Gasteiger partial charge in [0, 0.05) is 37.4 Å². The molecule has 174 valence electrons. The van der Waals surface area contributed by atoms with Gasteiger partial charge in [-0.15, -0.1) is 0 Å². The normalized spacial score (nSPS) is 10.7. The van der Waals surface area contributed by atoms with Crippen molar-refractivity contribution in [1.82, 2.24) is 19.7 Å². The molecule has 4 aromatic rings. The summed E-state index contributed by atoms with van der Waals surface area (Å²) in [6.07, 6.45) is 4.30. The number of nitrogens with zero attached hydrogens (tertiary/aromatic N) is 5. The van der Waals surface area contributed by atoms with Crippen LogP contribution in [0.1, 0.15) is 16.1 Å². The molecule has 1 N–H and O–H groups in total. The van der Waals surface area contributed by atoms with Crippen molar-refractivity contribution >= 4 is 29.1 Å². The highest BCUT2D eigenvalue weighted by atomic mass is 35.5. The van der Waals surface area contributed by atoms with Crippen molar-refractivity contribution in [3.63, 3.8) is 0 Å². The second kappa shape index (κ2) is 9.75. The van der Waals surface area contributed by atoms with Crippen LogP contribution in [0.5, 0.6) is 5.75 Å². The third-order valence-electron chi connectivity index (χ3n) is 5.07. The Balaban J connectivity index is 1.71. The molecular formula is C23H21ClN6O4. The Labute approximate surface area is 199 Å². The number of nitrogens with one attached hydrogen (secondary N) is 1. The number of aromatic nitrogens is 4. The van der Waals surface area contributed by atoms with Gasteiger partial charge in [0.05, 0.1) is 19.0 Å². The summed E-state index contributed by atoms with van der Waals surface area (Å²) in [6.45, 7) is 0.356. The molecule has 1 aromatic carbocycles. The highest BCUT2D eigenvalue weighted by molar-refractivity contribution is 6.30. The van der Waals surface area contributed by atoms with Gasteiger partial charge in [-0.25, -0.2) is 4.98 Å². The van der Waals surface area contributed by atoms with Gasteiger partial charge in [-0.05, 0) is 23.8 Å². The van der Waals surface area contributed by atoms with E-state index >= 15 is 0 Å². The van der Waals surface area contributed by atoms with Crippen molar-refractivity contribution in [1.29, 1.82) is 0 Å². The molecular weight excluding hydrogens is 460 g/mol. The lowest BCUT2D eigenvalue weighted by Crippen LogP contribution is -2.32. The zero-order chi connectivity index (χ0) is 24.2. The van der Waals surface area contributed by atoms with E-state index in [1.54, 1.807) is 31.3 Å². The summed E-state index contributed by atoms with van der Waals surface area (Å²) >= 11 is 6.17. The van der Waals surface area contributed by atoms with Crippen molar-refractivity contribution in [3.8, 4) is 17.0 Å². The zero-order valence-electron chi connectivity index (χ0n) is 18.7. The number of amides is 1. The third-order valence-corrected chi connectivity index (χ3v) is 5.31. The lowest BCUT2D eigenvalue weighted by Gasteiger charge is -2.23. The van der Waals surface area contributed by atoms with Crippen LogP contribution in [0.15, 0.2) is 64.4 Å². The van der Waals surface area contributed by atoms with Crippen LogP contribution < -0.4 is 20.5 Å². The second-order valence-electron chi connectivity index (χ2n) is 7.40. The van der Waals surface area contributed by atoms with Crippen molar-refractivity contribution in [2.24, 2.45) is 7.05 Å². The maximum Gasteiger partial charge on any atom is 0.297 e. The molecule has 0 aliphatic heterocycles. The quantitative estimate of drug-likeness (QED) is 0.428. The minimum Gasteiger partial charge on any atom is -0.489 e. The number of hydrogen-bond acceptors (Lipinski definition) is 8. The van der Waals surface area contributed by atoms with Crippen LogP contribution in [0.4, 0.5) is 11.6 Å². The van der Waals surface area contributed by atoms with Gasteiger partial charge in [0.2, 0.25) is 11.7 Å². The lowest BCUT2D eigenvalue weighted by molar-refractivity contribution is 0.101. The number of ether oxygens (including phenoxy) is 1. The van der Waals surface area contributed by atoms with E-state index in [0.29, 0.717) is 17.3 Å². The molecule has 0 bridgehead atoms. The molecule has 1 amide bonds. The Kier molecular flexibility index (Phi) is 6.60. The largest absolute Gasteiger partial charge is 0.489 e. The fourth-order valence-electron chi connectivity index (χ4n) is 3.49. The summed E-state index contributed by atoms with van der Waals surface area (Å²) in [5.74, 6) is -0.537. The predicted molar refractivity (Wildman–Crippen MR) is 127 cm³/mol. The molecule has 0 atom stereocenters. The molecule has 0 saturated carbocycles. The fourth-order valence-corrected chi connectivity index (χ4v) is 3.68. The molecule has 0 saturated heterocycles. The summed E-state index contributed by atoms with van der Waals surface area (Å²) in [5.41, 5.74) is 2.16. The van der Waals surface area contributed by atoms with Gasteiger partial charge in [0.1, 0.15) is 12.0 Å². The molecule has 10 nitrogen and oxygen atoms in total. The van der Waals surface area contributed by atoms with Crippen LogP contribution in [-0.4, -0.2) is 39.8 Å². The van der Waals surface area contributed by atoms with Gasteiger partial charge in [0.15, 0.2) is 5.69 Å². The standard InChI is InChI=1S/C23H21ClN6O4/c1-29(12-15-7-5-9-25-18(15)14-6-4-8-16(24)10-14)23-28-19(20(33-3)22(32)30(23)2)21(31)27-17-11-26-34-13-17/h4-11,13H,12H2,1-3H3,(H,27,31). The van der Waals surface area contributed by atoms with E-state index in [9.17, 15) is 9.59 Å². The monoisotopic (exact) mass is 480 g/mol. The van der Waals surface area contributed by atoms with Crippen LogP contribution in [0, 0.1) is 0 Å². The Hall–Kier alpha value is -4.18. The number of hydrogen-bond donors (Lipinski definition) is 1. The maximum absolute atomic E-state index is 13.0. The Morgan fingerprint density at radius 2 is 2.12 bits per heavy atom. The number of anilines is 2. The Bertz CT molecular complexity index is 1390. The summed E-state index contributed by atoms with van der Waals surface area (Å²) in [7, 11) is 4.64. The zero-order valence-corrected chi connectivity index (χ0v) is 19.4. The highest BCUT2D eigenvalue weighted by Gasteiger charge is 2.24. The molecule has 0 aliphatic rings. The van der Waals surface area contributed by atoms with Crippen LogP contribution in [0.25, 0.3) is 11.3 Å². The number of halogens is 1. The first-order valence-electron chi connectivity index (χ1n) is 10.2. The van der Waals surface area contributed by atoms with Gasteiger partial charge in [-0.1, -0.05) is 35.0 Å². The van der Waals surface area contributed by atoms with Gasteiger partial charge >= 0.3 is 0 Å². The Morgan fingerprint density at radius 1 is 1.29 bits per heavy atom. The first-order chi connectivity index (χ1) is 16.4. The van der Waals surface area contributed by atoms with Crippen LogP contribution >= 0.6 is 11.6 Å². The number of pyridine rings is 1. The number of benzene rings is 1. The third kappa shape index (κ3) is 4.62. The molecule has 3 aromatic heterocycles. The van der Waals surface area contributed by atoms with Crippen LogP contribution in [0.2, 0.25) is 5.02 Å². The van der Waals surface area contributed by atoms with E-state index in [4.69, 9.17) is 20.9 Å². The molecule has 0 fully saturated rings. The van der Waals surface area contributed by atoms with E-state index in [-0.39, 0.29) is 17.4 Å². The topological polar surface area (TPSA) is 115 Å². The number of methoxy groups -OCH3 is 1. The first kappa shape index (κ1) is 23.0. The lowest BCUT2D eigenvalue weighted by atomic mass is 10.1. The molecule has 0 spiro atoms. The summed E-state index contributed by atoms with van der Waals surface area (Å²) < 4.78 is 11.3. The minimum absolute atomic E-state index is 0.157. The summed E-state index contributed by atoms with van der Waals surface area (Å²) in [4.78, 5) is 36.5. The average Bonchev–Trinajstić information content (AvgIpc) is 3.34. The van der Waals surface area contributed by atoms with E-state index in [0.717, 1.165) is 16.8 Å². The average molecular weight is 481 g/mol. The summed E-state index contributed by atoms with van der Waals surface area (Å²) in [6, 6.07) is 11.2. The predicted octanol–water partition coefficient (Wildman–Crippen LogP) is 3.38. The minimum atomic E-state index is -0.631. The van der Waals surface area contributed by atoms with Crippen molar-refractivity contribution in [3.05, 3.63) is 81.7 Å². The number of rotatable bonds is 7. The van der Waals surface area contributed by atoms with Crippen molar-refractivity contribution < 1.29 is 14.1 Å². The van der Waals surface area contributed by atoms with Crippen molar-refractivity contribution in [2.45, 2.75) is 6.54 Å². The molecule has 3 heterocycles. The van der Waals surface area contributed by atoms with Gasteiger partial charge in [-0.2, -0.15) is 0 Å². The Morgan fingerprint density at radius 3 is 2.82 bits per heavy atom. The molecule has 4 rings (SSSR count). The molecule has 34 heavy (non-hydrogen) atoms. The molecule has 0 aliphatic carbocycles. The second-order valence-corrected chi connectivity index (χ2v) is 7.84. The van der Waals surface area contributed by atoms with Crippen LogP contribution in [-0.2, 0) is 13.6 Å². The SMILES string of the molecule is COc1c(C(=O)Nc2cnoc2)nc(N(C)Cc2cccnc2-c2cccc(Cl)c2)n(C)c1=O. The van der Waals surface area contributed by atoms with E-state index in [1.165, 1.54) is 24.1 Å². The molecule has 0 radical (unpaired) electrons. The van der Waals surface area contributed by atoms with Crippen LogP contribution in [0.3, 0.4) is 0 Å². The van der Waals surface area contributed by atoms with Gasteiger partial charge in [0.25, 0.3) is 11.5 Å².